The summed E-state index contributed by atoms with van der Waals surface area (Å²) < 4.78 is 0. The molecule has 0 bridgehead atoms. The summed E-state index contributed by atoms with van der Waals surface area (Å²) in [6, 6.07) is 0. The third-order valence-electron chi connectivity index (χ3n) is 2.19. The molecule has 0 aliphatic carbocycles. The standard InChI is InChI=1S/C13H23NO2/c1-5-6-7-8-11(15)9-10-14-12(16)13(2,3)4/h9-10H,5-8H2,1-4H3,(H,14,16)/b10-9-. The molecule has 0 aromatic carbocycles. The second kappa shape index (κ2) is 7.20. The van der Waals surface area contributed by atoms with E-state index in [-0.39, 0.29) is 11.7 Å². The molecule has 1 N–H and O–H groups in total. The Labute approximate surface area is 98.3 Å². The molecule has 0 unspecified atom stereocenters. The van der Waals surface area contributed by atoms with Gasteiger partial charge in [0.1, 0.15) is 0 Å². The maximum atomic E-state index is 11.4. The lowest BCUT2D eigenvalue weighted by Gasteiger charge is -2.15. The van der Waals surface area contributed by atoms with Crippen molar-refractivity contribution in [3.05, 3.63) is 12.3 Å². The van der Waals surface area contributed by atoms with Gasteiger partial charge in [-0.1, -0.05) is 40.5 Å². The average Bonchev–Trinajstić information content (AvgIpc) is 2.16. The fraction of sp³-hybridized carbons (Fsp3) is 0.692. The van der Waals surface area contributed by atoms with Gasteiger partial charge in [-0.2, -0.15) is 0 Å². The molecule has 0 rings (SSSR count). The lowest BCUT2D eigenvalue weighted by Crippen LogP contribution is -2.31. The molecule has 0 fully saturated rings. The van der Waals surface area contributed by atoms with Gasteiger partial charge in [-0.3, -0.25) is 9.59 Å². The number of carbonyl (C=O) groups excluding carboxylic acids is 2. The molecule has 0 heterocycles. The van der Waals surface area contributed by atoms with E-state index in [1.807, 2.05) is 20.8 Å². The number of ketones is 1. The molecule has 0 atom stereocenters. The lowest BCUT2D eigenvalue weighted by atomic mass is 9.96. The molecular formula is C13H23NO2. The van der Waals surface area contributed by atoms with Gasteiger partial charge in [0.2, 0.25) is 5.91 Å². The van der Waals surface area contributed by atoms with Gasteiger partial charge >= 0.3 is 0 Å². The molecule has 0 spiro atoms. The van der Waals surface area contributed by atoms with E-state index in [1.54, 1.807) is 0 Å². The second-order valence-electron chi connectivity index (χ2n) is 4.98. The molecule has 0 aliphatic rings. The Morgan fingerprint density at radius 3 is 2.31 bits per heavy atom. The zero-order valence-electron chi connectivity index (χ0n) is 10.8. The van der Waals surface area contributed by atoms with E-state index >= 15 is 0 Å². The van der Waals surface area contributed by atoms with Crippen LogP contribution < -0.4 is 5.32 Å². The summed E-state index contributed by atoms with van der Waals surface area (Å²) in [6.07, 6.45) is 6.56. The van der Waals surface area contributed by atoms with Crippen LogP contribution in [0.2, 0.25) is 0 Å². The molecule has 0 aromatic rings. The van der Waals surface area contributed by atoms with Gasteiger partial charge in [0.25, 0.3) is 0 Å². The summed E-state index contributed by atoms with van der Waals surface area (Å²) in [5, 5.41) is 2.60. The summed E-state index contributed by atoms with van der Waals surface area (Å²) in [6.45, 7) is 7.60. The monoisotopic (exact) mass is 225 g/mol. The van der Waals surface area contributed by atoms with Crippen molar-refractivity contribution in [2.24, 2.45) is 5.41 Å². The van der Waals surface area contributed by atoms with Crippen molar-refractivity contribution in [1.82, 2.24) is 5.32 Å². The minimum absolute atomic E-state index is 0.0719. The van der Waals surface area contributed by atoms with E-state index in [4.69, 9.17) is 0 Å². The molecule has 0 saturated carbocycles. The van der Waals surface area contributed by atoms with Crippen molar-refractivity contribution in [1.29, 1.82) is 0 Å². The molecule has 16 heavy (non-hydrogen) atoms. The SMILES string of the molecule is CCCCCC(=O)/C=C\NC(=O)C(C)(C)C. The average molecular weight is 225 g/mol. The lowest BCUT2D eigenvalue weighted by molar-refractivity contribution is -0.127. The summed E-state index contributed by atoms with van der Waals surface area (Å²) in [5.41, 5.74) is -0.421. The Kier molecular flexibility index (Phi) is 6.70. The molecule has 92 valence electrons. The van der Waals surface area contributed by atoms with Crippen LogP contribution in [0.25, 0.3) is 0 Å². The molecule has 3 nitrogen and oxygen atoms in total. The summed E-state index contributed by atoms with van der Waals surface area (Å²) >= 11 is 0. The third-order valence-corrected chi connectivity index (χ3v) is 2.19. The van der Waals surface area contributed by atoms with E-state index in [9.17, 15) is 9.59 Å². The molecule has 0 saturated heterocycles. The summed E-state index contributed by atoms with van der Waals surface area (Å²) in [7, 11) is 0. The van der Waals surface area contributed by atoms with E-state index in [0.29, 0.717) is 6.42 Å². The first-order valence-electron chi connectivity index (χ1n) is 5.88. The van der Waals surface area contributed by atoms with Crippen molar-refractivity contribution in [2.45, 2.75) is 53.4 Å². The van der Waals surface area contributed by atoms with Gasteiger partial charge in [-0.15, -0.1) is 0 Å². The van der Waals surface area contributed by atoms with E-state index in [2.05, 4.69) is 12.2 Å². The minimum Gasteiger partial charge on any atom is -0.332 e. The highest BCUT2D eigenvalue weighted by atomic mass is 16.2. The van der Waals surface area contributed by atoms with Crippen LogP contribution in [-0.4, -0.2) is 11.7 Å². The van der Waals surface area contributed by atoms with Crippen LogP contribution in [0.1, 0.15) is 53.4 Å². The highest BCUT2D eigenvalue weighted by molar-refractivity contribution is 5.90. The fourth-order valence-corrected chi connectivity index (χ4v) is 1.06. The number of rotatable bonds is 6. The number of nitrogens with one attached hydrogen (secondary N) is 1. The van der Waals surface area contributed by atoms with Crippen molar-refractivity contribution < 1.29 is 9.59 Å². The normalized spacial score (nSPS) is 11.8. The highest BCUT2D eigenvalue weighted by Crippen LogP contribution is 2.12. The maximum Gasteiger partial charge on any atom is 0.229 e. The number of carbonyl (C=O) groups is 2. The summed E-state index contributed by atoms with van der Waals surface area (Å²) in [5.74, 6) is -0.00670. The second-order valence-corrected chi connectivity index (χ2v) is 4.98. The Morgan fingerprint density at radius 2 is 1.81 bits per heavy atom. The summed E-state index contributed by atoms with van der Waals surface area (Å²) in [4.78, 5) is 22.7. The third kappa shape index (κ3) is 7.21. The maximum absolute atomic E-state index is 11.4. The Morgan fingerprint density at radius 1 is 1.19 bits per heavy atom. The molecular weight excluding hydrogens is 202 g/mol. The van der Waals surface area contributed by atoms with Crippen molar-refractivity contribution >= 4 is 11.7 Å². The van der Waals surface area contributed by atoms with Crippen molar-refractivity contribution in [2.75, 3.05) is 0 Å². The van der Waals surface area contributed by atoms with E-state index in [0.717, 1.165) is 19.3 Å². The van der Waals surface area contributed by atoms with Gasteiger partial charge in [0.15, 0.2) is 5.78 Å². The molecule has 1 amide bonds. The number of hydrogen-bond acceptors (Lipinski definition) is 2. The van der Waals surface area contributed by atoms with E-state index in [1.165, 1.54) is 12.3 Å². The predicted molar refractivity (Wildman–Crippen MR) is 65.9 cm³/mol. The minimum atomic E-state index is -0.421. The Balaban J connectivity index is 3.84. The van der Waals surface area contributed by atoms with Crippen LogP contribution >= 0.6 is 0 Å². The number of unbranched alkanes of at least 4 members (excludes halogenated alkanes) is 2. The first-order valence-corrected chi connectivity index (χ1v) is 5.88. The first kappa shape index (κ1) is 14.9. The van der Waals surface area contributed by atoms with Gasteiger partial charge in [-0.05, 0) is 12.5 Å². The van der Waals surface area contributed by atoms with Crippen LogP contribution in [-0.2, 0) is 9.59 Å². The number of allylic oxidation sites excluding steroid dienone is 1. The zero-order chi connectivity index (χ0) is 12.6. The molecule has 0 radical (unpaired) electrons. The first-order chi connectivity index (χ1) is 7.38. The highest BCUT2D eigenvalue weighted by Gasteiger charge is 2.19. The van der Waals surface area contributed by atoms with Crippen LogP contribution in [0.15, 0.2) is 12.3 Å². The predicted octanol–water partition coefficient (Wildman–Crippen LogP) is 2.81. The smallest absolute Gasteiger partial charge is 0.229 e. The zero-order valence-corrected chi connectivity index (χ0v) is 10.8. The molecule has 0 aliphatic heterocycles. The molecule has 0 aromatic heterocycles. The Hall–Kier alpha value is -1.12. The van der Waals surface area contributed by atoms with Gasteiger partial charge in [0, 0.05) is 18.0 Å². The number of amides is 1. The van der Waals surface area contributed by atoms with Gasteiger partial charge in [0.05, 0.1) is 0 Å². The van der Waals surface area contributed by atoms with Crippen LogP contribution in [0.3, 0.4) is 0 Å². The van der Waals surface area contributed by atoms with E-state index < -0.39 is 5.41 Å². The van der Waals surface area contributed by atoms with Gasteiger partial charge in [-0.25, -0.2) is 0 Å². The fourth-order valence-electron chi connectivity index (χ4n) is 1.06. The van der Waals surface area contributed by atoms with Crippen LogP contribution in [0.4, 0.5) is 0 Å². The van der Waals surface area contributed by atoms with Crippen LogP contribution in [0.5, 0.6) is 0 Å². The largest absolute Gasteiger partial charge is 0.332 e. The topological polar surface area (TPSA) is 46.2 Å². The van der Waals surface area contributed by atoms with Crippen molar-refractivity contribution in [3.8, 4) is 0 Å². The number of hydrogen-bond donors (Lipinski definition) is 1. The Bertz CT molecular complexity index is 262. The van der Waals surface area contributed by atoms with Gasteiger partial charge < -0.3 is 5.32 Å². The van der Waals surface area contributed by atoms with Crippen molar-refractivity contribution in [3.63, 3.8) is 0 Å². The van der Waals surface area contributed by atoms with Crippen LogP contribution in [0, 0.1) is 5.41 Å². The molecule has 3 heteroatoms. The quantitative estimate of drug-likeness (QED) is 0.558.